The molecule has 2 aromatic rings. The van der Waals surface area contributed by atoms with Crippen LogP contribution in [0.5, 0.6) is 5.75 Å². The lowest BCUT2D eigenvalue weighted by Gasteiger charge is -2.08. The van der Waals surface area contributed by atoms with Gasteiger partial charge in [-0.1, -0.05) is 0 Å². The van der Waals surface area contributed by atoms with Gasteiger partial charge in [0, 0.05) is 6.07 Å². The molecule has 0 N–H and O–H groups in total. The minimum atomic E-state index is -0.478. The fourth-order valence-corrected chi connectivity index (χ4v) is 2.22. The average molecular weight is 327 g/mol. The van der Waals surface area contributed by atoms with Crippen LogP contribution in [-0.2, 0) is 0 Å². The molecule has 1 aromatic carbocycles. The SMILES string of the molecule is COc1cc(F)c(Br)cc1C(=O)c1cc(C)oc1C. The molecule has 5 heteroatoms. The molecular formula is C14H12BrFO3. The number of carbonyl (C=O) groups is 1. The molecule has 0 saturated carbocycles. The monoisotopic (exact) mass is 326 g/mol. The minimum absolute atomic E-state index is 0.198. The molecular weight excluding hydrogens is 315 g/mol. The number of carbonyl (C=O) groups excluding carboxylic acids is 1. The Balaban J connectivity index is 2.55. The zero-order valence-corrected chi connectivity index (χ0v) is 12.3. The number of hydrogen-bond acceptors (Lipinski definition) is 3. The van der Waals surface area contributed by atoms with E-state index >= 15 is 0 Å². The maximum Gasteiger partial charge on any atom is 0.200 e. The summed E-state index contributed by atoms with van der Waals surface area (Å²) in [6.45, 7) is 3.48. The van der Waals surface area contributed by atoms with E-state index in [2.05, 4.69) is 15.9 Å². The van der Waals surface area contributed by atoms with Gasteiger partial charge in [-0.2, -0.15) is 0 Å². The van der Waals surface area contributed by atoms with Gasteiger partial charge in [0.1, 0.15) is 23.1 Å². The maximum atomic E-state index is 13.4. The topological polar surface area (TPSA) is 39.4 Å². The number of furan rings is 1. The van der Waals surface area contributed by atoms with Gasteiger partial charge in [0.15, 0.2) is 5.78 Å². The number of ether oxygens (including phenoxy) is 1. The standard InChI is InChI=1S/C14H12BrFO3/c1-7-4-9(8(2)19-7)14(17)10-5-11(15)12(16)6-13(10)18-3/h4-6H,1-3H3. The van der Waals surface area contributed by atoms with Gasteiger partial charge in [0.2, 0.25) is 0 Å². The van der Waals surface area contributed by atoms with Crippen LogP contribution in [0.4, 0.5) is 4.39 Å². The highest BCUT2D eigenvalue weighted by atomic mass is 79.9. The van der Waals surface area contributed by atoms with Gasteiger partial charge in [-0.25, -0.2) is 4.39 Å². The number of rotatable bonds is 3. The Morgan fingerprint density at radius 3 is 2.47 bits per heavy atom. The molecule has 0 fully saturated rings. The van der Waals surface area contributed by atoms with Crippen molar-refractivity contribution < 1.29 is 18.3 Å². The number of hydrogen-bond donors (Lipinski definition) is 0. The van der Waals surface area contributed by atoms with Crippen LogP contribution in [0.15, 0.2) is 27.1 Å². The van der Waals surface area contributed by atoms with E-state index in [1.165, 1.54) is 19.2 Å². The summed E-state index contributed by atoms with van der Waals surface area (Å²) in [4.78, 5) is 12.4. The maximum absolute atomic E-state index is 13.4. The summed E-state index contributed by atoms with van der Waals surface area (Å²) in [7, 11) is 1.40. The minimum Gasteiger partial charge on any atom is -0.496 e. The zero-order chi connectivity index (χ0) is 14.2. The molecule has 2 rings (SSSR count). The van der Waals surface area contributed by atoms with Gasteiger partial charge in [0.05, 0.1) is 22.7 Å². The van der Waals surface area contributed by atoms with Crippen LogP contribution >= 0.6 is 15.9 Å². The van der Waals surface area contributed by atoms with E-state index in [-0.39, 0.29) is 16.0 Å². The lowest BCUT2D eigenvalue weighted by atomic mass is 10.0. The lowest BCUT2D eigenvalue weighted by molar-refractivity contribution is 0.103. The first kappa shape index (κ1) is 13.8. The second kappa shape index (κ2) is 5.17. The molecule has 0 radical (unpaired) electrons. The smallest absolute Gasteiger partial charge is 0.200 e. The molecule has 100 valence electrons. The molecule has 0 atom stereocenters. The van der Waals surface area contributed by atoms with E-state index in [1.807, 2.05) is 0 Å². The fourth-order valence-electron chi connectivity index (χ4n) is 1.88. The summed E-state index contributed by atoms with van der Waals surface area (Å²) in [6, 6.07) is 4.26. The van der Waals surface area contributed by atoms with Crippen LogP contribution in [0.3, 0.4) is 0 Å². The number of ketones is 1. The Bertz CT molecular complexity index is 646. The average Bonchev–Trinajstić information content (AvgIpc) is 2.70. The third kappa shape index (κ3) is 2.56. The van der Waals surface area contributed by atoms with Crippen molar-refractivity contribution in [2.24, 2.45) is 0 Å². The number of methoxy groups -OCH3 is 1. The summed E-state index contributed by atoms with van der Waals surface area (Å²) >= 11 is 3.07. The van der Waals surface area contributed by atoms with Crippen molar-refractivity contribution >= 4 is 21.7 Å². The van der Waals surface area contributed by atoms with Gasteiger partial charge in [0.25, 0.3) is 0 Å². The summed E-state index contributed by atoms with van der Waals surface area (Å²) in [5, 5.41) is 0. The second-order valence-electron chi connectivity index (χ2n) is 4.12. The molecule has 1 heterocycles. The molecule has 0 aliphatic carbocycles. The third-order valence-electron chi connectivity index (χ3n) is 2.77. The first-order valence-corrected chi connectivity index (χ1v) is 6.38. The molecule has 1 aromatic heterocycles. The Morgan fingerprint density at radius 2 is 1.95 bits per heavy atom. The third-order valence-corrected chi connectivity index (χ3v) is 3.38. The van der Waals surface area contributed by atoms with Gasteiger partial charge >= 0.3 is 0 Å². The highest BCUT2D eigenvalue weighted by molar-refractivity contribution is 9.10. The first-order chi connectivity index (χ1) is 8.93. The van der Waals surface area contributed by atoms with E-state index in [9.17, 15) is 9.18 Å². The molecule has 0 bridgehead atoms. The first-order valence-electron chi connectivity index (χ1n) is 5.58. The van der Waals surface area contributed by atoms with Crippen LogP contribution in [0.1, 0.15) is 27.4 Å². The molecule has 0 unspecified atom stereocenters. The fraction of sp³-hybridized carbons (Fsp3) is 0.214. The van der Waals surface area contributed by atoms with Gasteiger partial charge in [-0.15, -0.1) is 0 Å². The lowest BCUT2D eigenvalue weighted by Crippen LogP contribution is -2.05. The van der Waals surface area contributed by atoms with Crippen molar-refractivity contribution in [3.63, 3.8) is 0 Å². The van der Waals surface area contributed by atoms with Crippen LogP contribution in [0.25, 0.3) is 0 Å². The normalized spacial score (nSPS) is 10.6. The van der Waals surface area contributed by atoms with Crippen molar-refractivity contribution in [1.82, 2.24) is 0 Å². The highest BCUT2D eigenvalue weighted by Gasteiger charge is 2.21. The largest absolute Gasteiger partial charge is 0.496 e. The van der Waals surface area contributed by atoms with Crippen LogP contribution < -0.4 is 4.74 Å². The number of benzene rings is 1. The molecule has 19 heavy (non-hydrogen) atoms. The van der Waals surface area contributed by atoms with Crippen LogP contribution in [0.2, 0.25) is 0 Å². The van der Waals surface area contributed by atoms with E-state index in [0.29, 0.717) is 22.6 Å². The van der Waals surface area contributed by atoms with Gasteiger partial charge in [-0.05, 0) is 41.9 Å². The van der Waals surface area contributed by atoms with E-state index in [4.69, 9.17) is 9.15 Å². The number of aryl methyl sites for hydroxylation is 2. The van der Waals surface area contributed by atoms with Crippen molar-refractivity contribution in [1.29, 1.82) is 0 Å². The van der Waals surface area contributed by atoms with Crippen LogP contribution in [0, 0.1) is 19.7 Å². The molecule has 3 nitrogen and oxygen atoms in total. The number of halogens is 2. The second-order valence-corrected chi connectivity index (χ2v) is 4.98. The van der Waals surface area contributed by atoms with Crippen LogP contribution in [-0.4, -0.2) is 12.9 Å². The molecule has 0 aliphatic rings. The highest BCUT2D eigenvalue weighted by Crippen LogP contribution is 2.29. The molecule has 0 amide bonds. The molecule has 0 saturated heterocycles. The van der Waals surface area contributed by atoms with Gasteiger partial charge in [-0.3, -0.25) is 4.79 Å². The summed E-state index contributed by atoms with van der Waals surface area (Å²) < 4.78 is 24.1. The van der Waals surface area contributed by atoms with E-state index in [1.54, 1.807) is 19.9 Å². The Hall–Kier alpha value is -1.62. The van der Waals surface area contributed by atoms with E-state index in [0.717, 1.165) is 0 Å². The molecule has 0 spiro atoms. The van der Waals surface area contributed by atoms with Crippen molar-refractivity contribution in [3.8, 4) is 5.75 Å². The Labute approximate surface area is 118 Å². The van der Waals surface area contributed by atoms with Gasteiger partial charge < -0.3 is 9.15 Å². The van der Waals surface area contributed by atoms with Crippen molar-refractivity contribution in [2.45, 2.75) is 13.8 Å². The predicted molar refractivity (Wildman–Crippen MR) is 72.3 cm³/mol. The van der Waals surface area contributed by atoms with Crippen molar-refractivity contribution in [2.75, 3.05) is 7.11 Å². The summed E-state index contributed by atoms with van der Waals surface area (Å²) in [5.41, 5.74) is 0.744. The predicted octanol–water partition coefficient (Wildman–Crippen LogP) is 4.04. The molecule has 0 aliphatic heterocycles. The zero-order valence-electron chi connectivity index (χ0n) is 10.7. The Kier molecular flexibility index (Phi) is 3.75. The quantitative estimate of drug-likeness (QED) is 0.799. The van der Waals surface area contributed by atoms with Crippen molar-refractivity contribution in [3.05, 3.63) is 51.1 Å². The summed E-state index contributed by atoms with van der Waals surface area (Å²) in [6.07, 6.45) is 0. The summed E-state index contributed by atoms with van der Waals surface area (Å²) in [5.74, 6) is 0.648. The van der Waals surface area contributed by atoms with E-state index < -0.39 is 5.82 Å². The Morgan fingerprint density at radius 1 is 1.26 bits per heavy atom.